The smallest absolute Gasteiger partial charge is 0.323 e. The summed E-state index contributed by atoms with van der Waals surface area (Å²) in [5.41, 5.74) is 7.69. The molecule has 2 aromatic rings. The predicted octanol–water partition coefficient (Wildman–Crippen LogP) is 2.70. The summed E-state index contributed by atoms with van der Waals surface area (Å²) in [5.74, 6) is -0.986. The van der Waals surface area contributed by atoms with Crippen molar-refractivity contribution in [2.24, 2.45) is 5.73 Å². The lowest BCUT2D eigenvalue weighted by Gasteiger charge is -2.19. The lowest BCUT2D eigenvalue weighted by molar-refractivity contribution is -0.142. The number of nitrogens with two attached hydrogens (primary N) is 1. The Morgan fingerprint density at radius 3 is 2.11 bits per heavy atom. The van der Waals surface area contributed by atoms with Gasteiger partial charge in [-0.2, -0.15) is 0 Å². The van der Waals surface area contributed by atoms with Crippen molar-refractivity contribution < 1.29 is 9.90 Å². The summed E-state index contributed by atoms with van der Waals surface area (Å²) in [5, 5.41) is 9.01. The summed E-state index contributed by atoms with van der Waals surface area (Å²) in [6, 6.07) is 17.9. The zero-order chi connectivity index (χ0) is 13.9. The highest BCUT2D eigenvalue weighted by Gasteiger charge is 2.27. The van der Waals surface area contributed by atoms with Crippen LogP contribution >= 0.6 is 0 Å². The Balaban J connectivity index is 2.18. The molecule has 0 aliphatic heterocycles. The Bertz CT molecular complexity index is 559. The first-order valence-electron chi connectivity index (χ1n) is 6.16. The molecule has 0 saturated heterocycles. The van der Waals surface area contributed by atoms with E-state index >= 15 is 0 Å². The third-order valence-electron chi connectivity index (χ3n) is 3.12. The number of hydrogen-bond donors (Lipinski definition) is 2. The van der Waals surface area contributed by atoms with E-state index in [9.17, 15) is 4.79 Å². The second-order valence-electron chi connectivity index (χ2n) is 4.96. The average molecular weight is 255 g/mol. The first-order valence-corrected chi connectivity index (χ1v) is 6.16. The first kappa shape index (κ1) is 13.3. The van der Waals surface area contributed by atoms with Gasteiger partial charge in [0.2, 0.25) is 0 Å². The highest BCUT2D eigenvalue weighted by atomic mass is 16.4. The van der Waals surface area contributed by atoms with Crippen LogP contribution in [0.4, 0.5) is 0 Å². The molecular weight excluding hydrogens is 238 g/mol. The lowest BCUT2D eigenvalue weighted by atomic mass is 9.93. The molecule has 0 bridgehead atoms. The molecule has 0 aromatic heterocycles. The third kappa shape index (κ3) is 3.20. The molecule has 0 spiro atoms. The summed E-state index contributed by atoms with van der Waals surface area (Å²) in [6.45, 7) is 1.53. The van der Waals surface area contributed by atoms with Crippen LogP contribution in [0.1, 0.15) is 12.5 Å². The summed E-state index contributed by atoms with van der Waals surface area (Å²) in [7, 11) is 0. The zero-order valence-corrected chi connectivity index (χ0v) is 10.8. The van der Waals surface area contributed by atoms with E-state index in [1.807, 2.05) is 54.6 Å². The quantitative estimate of drug-likeness (QED) is 0.883. The van der Waals surface area contributed by atoms with E-state index in [1.165, 1.54) is 6.92 Å². The van der Waals surface area contributed by atoms with Gasteiger partial charge in [0, 0.05) is 6.42 Å². The van der Waals surface area contributed by atoms with Gasteiger partial charge < -0.3 is 10.8 Å². The topological polar surface area (TPSA) is 63.3 Å². The Kier molecular flexibility index (Phi) is 3.67. The van der Waals surface area contributed by atoms with E-state index in [0.717, 1.165) is 16.7 Å². The number of carboxylic acids is 1. The number of benzene rings is 2. The maximum Gasteiger partial charge on any atom is 0.323 e. The molecule has 3 heteroatoms. The van der Waals surface area contributed by atoms with Crippen LogP contribution in [0.5, 0.6) is 0 Å². The van der Waals surface area contributed by atoms with Gasteiger partial charge in [0.1, 0.15) is 5.54 Å². The molecule has 2 rings (SSSR count). The minimum atomic E-state index is -1.23. The van der Waals surface area contributed by atoms with Crippen molar-refractivity contribution in [2.45, 2.75) is 18.9 Å². The van der Waals surface area contributed by atoms with Crippen molar-refractivity contribution >= 4 is 5.97 Å². The van der Waals surface area contributed by atoms with Gasteiger partial charge >= 0.3 is 5.97 Å². The summed E-state index contributed by atoms with van der Waals surface area (Å²) in [6.07, 6.45) is 0.317. The minimum Gasteiger partial charge on any atom is -0.480 e. The van der Waals surface area contributed by atoms with E-state index in [4.69, 9.17) is 10.8 Å². The van der Waals surface area contributed by atoms with Gasteiger partial charge in [-0.25, -0.2) is 0 Å². The monoisotopic (exact) mass is 255 g/mol. The van der Waals surface area contributed by atoms with Crippen LogP contribution in [0.15, 0.2) is 54.6 Å². The molecule has 1 atom stereocenters. The number of rotatable bonds is 4. The Hall–Kier alpha value is -2.13. The van der Waals surface area contributed by atoms with Gasteiger partial charge in [0.25, 0.3) is 0 Å². The lowest BCUT2D eigenvalue weighted by Crippen LogP contribution is -2.46. The Morgan fingerprint density at radius 1 is 1.05 bits per heavy atom. The second kappa shape index (κ2) is 5.24. The van der Waals surface area contributed by atoms with Crippen LogP contribution < -0.4 is 5.73 Å². The van der Waals surface area contributed by atoms with Gasteiger partial charge in [0.15, 0.2) is 0 Å². The molecule has 3 nitrogen and oxygen atoms in total. The second-order valence-corrected chi connectivity index (χ2v) is 4.96. The molecule has 0 amide bonds. The van der Waals surface area contributed by atoms with Crippen LogP contribution in [0, 0.1) is 0 Å². The van der Waals surface area contributed by atoms with E-state index in [2.05, 4.69) is 0 Å². The molecule has 0 unspecified atom stereocenters. The summed E-state index contributed by atoms with van der Waals surface area (Å²) >= 11 is 0. The maximum absolute atomic E-state index is 11.0. The molecule has 2 aromatic carbocycles. The molecule has 0 saturated carbocycles. The highest BCUT2D eigenvalue weighted by molar-refractivity contribution is 5.78. The van der Waals surface area contributed by atoms with Crippen LogP contribution in [0.25, 0.3) is 11.1 Å². The maximum atomic E-state index is 11.0. The van der Waals surface area contributed by atoms with Gasteiger partial charge in [-0.1, -0.05) is 54.6 Å². The van der Waals surface area contributed by atoms with Crippen LogP contribution in [0.2, 0.25) is 0 Å². The van der Waals surface area contributed by atoms with E-state index < -0.39 is 11.5 Å². The summed E-state index contributed by atoms with van der Waals surface area (Å²) < 4.78 is 0. The fourth-order valence-electron chi connectivity index (χ4n) is 1.95. The number of carboxylic acid groups (broad SMARTS) is 1. The van der Waals surface area contributed by atoms with E-state index in [-0.39, 0.29) is 0 Å². The fraction of sp³-hybridized carbons (Fsp3) is 0.188. The van der Waals surface area contributed by atoms with Crippen molar-refractivity contribution in [3.05, 3.63) is 60.2 Å². The predicted molar refractivity (Wildman–Crippen MR) is 75.8 cm³/mol. The van der Waals surface area contributed by atoms with Gasteiger partial charge in [-0.3, -0.25) is 4.79 Å². The molecule has 0 radical (unpaired) electrons. The SMILES string of the molecule is C[C@](N)(Cc1ccc(-c2ccccc2)cc1)C(=O)O. The highest BCUT2D eigenvalue weighted by Crippen LogP contribution is 2.20. The van der Waals surface area contributed by atoms with Crippen molar-refractivity contribution in [1.82, 2.24) is 0 Å². The molecule has 19 heavy (non-hydrogen) atoms. The number of carbonyl (C=O) groups is 1. The number of hydrogen-bond acceptors (Lipinski definition) is 2. The average Bonchev–Trinajstić information content (AvgIpc) is 2.40. The van der Waals surface area contributed by atoms with Gasteiger partial charge in [-0.05, 0) is 23.6 Å². The summed E-state index contributed by atoms with van der Waals surface area (Å²) in [4.78, 5) is 11.0. The molecule has 0 fully saturated rings. The van der Waals surface area contributed by atoms with Crippen molar-refractivity contribution in [3.63, 3.8) is 0 Å². The molecular formula is C16H17NO2. The van der Waals surface area contributed by atoms with Gasteiger partial charge in [-0.15, -0.1) is 0 Å². The Morgan fingerprint density at radius 2 is 1.58 bits per heavy atom. The van der Waals surface area contributed by atoms with Crippen LogP contribution in [0.3, 0.4) is 0 Å². The molecule has 0 aliphatic carbocycles. The van der Waals surface area contributed by atoms with Crippen LogP contribution in [-0.4, -0.2) is 16.6 Å². The largest absolute Gasteiger partial charge is 0.480 e. The normalized spacial score (nSPS) is 13.8. The van der Waals surface area contributed by atoms with Crippen molar-refractivity contribution in [3.8, 4) is 11.1 Å². The standard InChI is InChI=1S/C16H17NO2/c1-16(17,15(18)19)11-12-7-9-14(10-8-12)13-5-3-2-4-6-13/h2-10H,11,17H2,1H3,(H,18,19)/t16-/m0/s1. The first-order chi connectivity index (χ1) is 8.99. The van der Waals surface area contributed by atoms with Gasteiger partial charge in [0.05, 0.1) is 0 Å². The van der Waals surface area contributed by atoms with E-state index in [1.54, 1.807) is 0 Å². The van der Waals surface area contributed by atoms with Crippen molar-refractivity contribution in [2.75, 3.05) is 0 Å². The molecule has 0 heterocycles. The molecule has 3 N–H and O–H groups in total. The minimum absolute atomic E-state index is 0.317. The zero-order valence-electron chi connectivity index (χ0n) is 10.8. The van der Waals surface area contributed by atoms with E-state index in [0.29, 0.717) is 6.42 Å². The fourth-order valence-corrected chi connectivity index (χ4v) is 1.95. The third-order valence-corrected chi connectivity index (χ3v) is 3.12. The molecule has 98 valence electrons. The van der Waals surface area contributed by atoms with Crippen molar-refractivity contribution in [1.29, 1.82) is 0 Å². The molecule has 0 aliphatic rings. The Labute approximate surface area is 112 Å². The van der Waals surface area contributed by atoms with Crippen LogP contribution in [-0.2, 0) is 11.2 Å². The number of aliphatic carboxylic acids is 1.